The number of benzene rings is 2. The van der Waals surface area contributed by atoms with E-state index in [0.29, 0.717) is 24.6 Å². The van der Waals surface area contributed by atoms with Crippen molar-refractivity contribution in [1.82, 2.24) is 14.9 Å². The van der Waals surface area contributed by atoms with Crippen LogP contribution in [-0.2, 0) is 22.6 Å². The number of hydrogen-bond acceptors (Lipinski definition) is 5. The number of carbonyl (C=O) groups excluding carboxylic acids is 1. The summed E-state index contributed by atoms with van der Waals surface area (Å²) in [5.41, 5.74) is 7.09. The van der Waals surface area contributed by atoms with Gasteiger partial charge in [-0.1, -0.05) is 0 Å². The first-order chi connectivity index (χ1) is 14.5. The summed E-state index contributed by atoms with van der Waals surface area (Å²) in [4.78, 5) is 16.1. The van der Waals surface area contributed by atoms with Gasteiger partial charge in [0.05, 0.1) is 36.3 Å². The highest BCUT2D eigenvalue weighted by Crippen LogP contribution is 2.28. The first-order valence-electron chi connectivity index (χ1n) is 10.1. The molecule has 4 rings (SSSR count). The lowest BCUT2D eigenvalue weighted by atomic mass is 10.2. The van der Waals surface area contributed by atoms with Gasteiger partial charge in [-0.3, -0.25) is 10.1 Å². The Morgan fingerprint density at radius 3 is 2.80 bits per heavy atom. The zero-order valence-corrected chi connectivity index (χ0v) is 16.8. The predicted molar refractivity (Wildman–Crippen MR) is 111 cm³/mol. The minimum Gasteiger partial charge on any atom is -0.457 e. The average molecular weight is 412 g/mol. The Labute approximate surface area is 174 Å². The number of aromatic nitrogens is 2. The highest BCUT2D eigenvalue weighted by Gasteiger charge is 2.21. The molecule has 1 fully saturated rings. The first kappa shape index (κ1) is 20.3. The van der Waals surface area contributed by atoms with Gasteiger partial charge in [0.2, 0.25) is 5.91 Å². The minimum atomic E-state index is -0.460. The molecule has 1 aliphatic heterocycles. The molecule has 7 nitrogen and oxygen atoms in total. The summed E-state index contributed by atoms with van der Waals surface area (Å²) >= 11 is 0. The third-order valence-electron chi connectivity index (χ3n) is 5.25. The van der Waals surface area contributed by atoms with Gasteiger partial charge in [0.1, 0.15) is 23.1 Å². The summed E-state index contributed by atoms with van der Waals surface area (Å²) in [5.74, 6) is 1.26. The van der Waals surface area contributed by atoms with Crippen molar-refractivity contribution in [3.63, 3.8) is 0 Å². The van der Waals surface area contributed by atoms with Crippen LogP contribution >= 0.6 is 0 Å². The molecule has 1 saturated heterocycles. The fourth-order valence-corrected chi connectivity index (χ4v) is 3.53. The summed E-state index contributed by atoms with van der Waals surface area (Å²) in [6, 6.07) is 11.1. The smallest absolute Gasteiger partial charge is 0.234 e. The number of halogens is 1. The molecular formula is C22H25FN4O3. The summed E-state index contributed by atoms with van der Waals surface area (Å²) in [6.45, 7) is 3.56. The molecule has 0 aliphatic carbocycles. The third kappa shape index (κ3) is 4.60. The Hall–Kier alpha value is -2.97. The lowest BCUT2D eigenvalue weighted by molar-refractivity contribution is -0.119. The molecule has 0 spiro atoms. The molecule has 0 radical (unpaired) electrons. The fraction of sp³-hybridized carbons (Fsp3) is 0.364. The number of fused-ring (bicyclic) bond motifs is 1. The zero-order valence-electron chi connectivity index (χ0n) is 16.8. The predicted octanol–water partition coefficient (Wildman–Crippen LogP) is 3.11. The number of nitrogens with one attached hydrogen (secondary N) is 1. The molecule has 1 amide bonds. The highest BCUT2D eigenvalue weighted by molar-refractivity contribution is 5.79. The number of nitrogens with two attached hydrogens (primary N) is 1. The van der Waals surface area contributed by atoms with Gasteiger partial charge >= 0.3 is 0 Å². The largest absolute Gasteiger partial charge is 0.457 e. The van der Waals surface area contributed by atoms with E-state index in [-0.39, 0.29) is 11.9 Å². The van der Waals surface area contributed by atoms with Gasteiger partial charge in [0.25, 0.3) is 0 Å². The number of hydrogen-bond donors (Lipinski definition) is 2. The van der Waals surface area contributed by atoms with E-state index >= 15 is 0 Å². The van der Waals surface area contributed by atoms with Crippen LogP contribution in [0.3, 0.4) is 0 Å². The normalized spacial score (nSPS) is 17.3. The molecule has 2 heterocycles. The van der Waals surface area contributed by atoms with Gasteiger partial charge in [0.15, 0.2) is 0 Å². The van der Waals surface area contributed by atoms with Gasteiger partial charge in [-0.15, -0.1) is 0 Å². The standard InChI is InChI=1S/C22H25FN4O3/c1-14(22(24)28)25-12-21-26-19-9-8-17(30-16-6-4-15(23)5-7-16)11-20(19)27(21)13-18-3-2-10-29-18/h4-9,11,14,18,25H,2-3,10,12-13H2,1H3,(H2,24,28)/t14-,18-/m0/s1. The molecule has 1 aliphatic rings. The van der Waals surface area contributed by atoms with E-state index in [9.17, 15) is 9.18 Å². The van der Waals surface area contributed by atoms with Crippen molar-refractivity contribution in [3.05, 3.63) is 54.1 Å². The van der Waals surface area contributed by atoms with E-state index in [0.717, 1.165) is 36.3 Å². The molecule has 2 aromatic carbocycles. The van der Waals surface area contributed by atoms with E-state index in [2.05, 4.69) is 9.88 Å². The molecule has 8 heteroatoms. The van der Waals surface area contributed by atoms with Crippen molar-refractivity contribution in [2.75, 3.05) is 6.61 Å². The summed E-state index contributed by atoms with van der Waals surface area (Å²) in [5, 5.41) is 3.12. The number of carbonyl (C=O) groups is 1. The molecule has 3 N–H and O–H groups in total. The third-order valence-corrected chi connectivity index (χ3v) is 5.25. The monoisotopic (exact) mass is 412 g/mol. The molecule has 3 aromatic rings. The number of rotatable bonds is 8. The number of primary amides is 1. The van der Waals surface area contributed by atoms with E-state index in [1.54, 1.807) is 19.1 Å². The van der Waals surface area contributed by atoms with Gasteiger partial charge < -0.3 is 19.8 Å². The van der Waals surface area contributed by atoms with Crippen LogP contribution in [0.4, 0.5) is 4.39 Å². The van der Waals surface area contributed by atoms with Crippen LogP contribution < -0.4 is 15.8 Å². The van der Waals surface area contributed by atoms with Crippen molar-refractivity contribution in [2.45, 2.75) is 45.0 Å². The van der Waals surface area contributed by atoms with Crippen molar-refractivity contribution in [3.8, 4) is 11.5 Å². The zero-order chi connectivity index (χ0) is 21.1. The van der Waals surface area contributed by atoms with E-state index in [1.807, 2.05) is 18.2 Å². The molecule has 30 heavy (non-hydrogen) atoms. The number of imidazole rings is 1. The van der Waals surface area contributed by atoms with Crippen LogP contribution in [-0.4, -0.2) is 34.2 Å². The Bertz CT molecular complexity index is 1030. The average Bonchev–Trinajstić information content (AvgIpc) is 3.36. The van der Waals surface area contributed by atoms with Crippen LogP contribution in [0.1, 0.15) is 25.6 Å². The number of ether oxygens (including phenoxy) is 2. The topological polar surface area (TPSA) is 91.4 Å². The second-order valence-corrected chi connectivity index (χ2v) is 7.49. The summed E-state index contributed by atoms with van der Waals surface area (Å²) in [6.07, 6.45) is 2.16. The lowest BCUT2D eigenvalue weighted by Gasteiger charge is -2.16. The molecular weight excluding hydrogens is 387 g/mol. The van der Waals surface area contributed by atoms with Crippen molar-refractivity contribution >= 4 is 16.9 Å². The van der Waals surface area contributed by atoms with Crippen LogP contribution in [0.2, 0.25) is 0 Å². The van der Waals surface area contributed by atoms with Crippen molar-refractivity contribution in [2.24, 2.45) is 5.73 Å². The Morgan fingerprint density at radius 1 is 1.33 bits per heavy atom. The van der Waals surface area contributed by atoms with Crippen LogP contribution in [0.5, 0.6) is 11.5 Å². The van der Waals surface area contributed by atoms with Crippen LogP contribution in [0.15, 0.2) is 42.5 Å². The maximum absolute atomic E-state index is 13.1. The van der Waals surface area contributed by atoms with Crippen molar-refractivity contribution in [1.29, 1.82) is 0 Å². The summed E-state index contributed by atoms with van der Waals surface area (Å²) < 4.78 is 27.0. The summed E-state index contributed by atoms with van der Waals surface area (Å²) in [7, 11) is 0. The quantitative estimate of drug-likeness (QED) is 0.593. The van der Waals surface area contributed by atoms with Crippen molar-refractivity contribution < 1.29 is 18.7 Å². The van der Waals surface area contributed by atoms with Gasteiger partial charge in [0, 0.05) is 12.7 Å². The Balaban J connectivity index is 1.63. The second kappa shape index (κ2) is 8.81. The molecule has 0 bridgehead atoms. The second-order valence-electron chi connectivity index (χ2n) is 7.49. The van der Waals surface area contributed by atoms with Gasteiger partial charge in [-0.25, -0.2) is 9.37 Å². The van der Waals surface area contributed by atoms with Crippen LogP contribution in [0.25, 0.3) is 11.0 Å². The molecule has 0 saturated carbocycles. The molecule has 2 atom stereocenters. The van der Waals surface area contributed by atoms with Crippen LogP contribution in [0, 0.1) is 5.82 Å². The lowest BCUT2D eigenvalue weighted by Crippen LogP contribution is -2.38. The Kier molecular flexibility index (Phi) is 5.96. The SMILES string of the molecule is C[C@H](NCc1nc2ccc(Oc3ccc(F)cc3)cc2n1C[C@@H]1CCCO1)C(N)=O. The molecule has 1 aromatic heterocycles. The molecule has 0 unspecified atom stereocenters. The fourth-order valence-electron chi connectivity index (χ4n) is 3.53. The maximum Gasteiger partial charge on any atom is 0.234 e. The van der Waals surface area contributed by atoms with E-state index in [1.165, 1.54) is 12.1 Å². The number of nitrogens with zero attached hydrogens (tertiary/aromatic N) is 2. The number of amides is 1. The van der Waals surface area contributed by atoms with E-state index in [4.69, 9.17) is 20.2 Å². The van der Waals surface area contributed by atoms with Gasteiger partial charge in [-0.2, -0.15) is 0 Å². The molecule has 158 valence electrons. The minimum absolute atomic E-state index is 0.122. The first-order valence-corrected chi connectivity index (χ1v) is 10.1. The van der Waals surface area contributed by atoms with E-state index < -0.39 is 11.9 Å². The highest BCUT2D eigenvalue weighted by atomic mass is 19.1. The van der Waals surface area contributed by atoms with Gasteiger partial charge in [-0.05, 0) is 56.2 Å². The Morgan fingerprint density at radius 2 is 2.10 bits per heavy atom. The maximum atomic E-state index is 13.1.